The molecule has 1 aromatic heterocycles. The minimum atomic E-state index is -0.151. The first-order chi connectivity index (χ1) is 15.6. The molecule has 0 aliphatic carbocycles. The number of nitrogens with one attached hydrogen (secondary N) is 1. The van der Waals surface area contributed by atoms with Crippen molar-refractivity contribution in [2.45, 2.75) is 19.8 Å². The maximum atomic E-state index is 12.5. The van der Waals surface area contributed by atoms with Gasteiger partial charge in [-0.2, -0.15) is 0 Å². The Bertz CT molecular complexity index is 1040. The van der Waals surface area contributed by atoms with Crippen LogP contribution in [0.25, 0.3) is 0 Å². The van der Waals surface area contributed by atoms with Crippen LogP contribution in [0.5, 0.6) is 0 Å². The van der Waals surface area contributed by atoms with E-state index in [1.807, 2.05) is 66.4 Å². The summed E-state index contributed by atoms with van der Waals surface area (Å²) in [7, 11) is 0. The van der Waals surface area contributed by atoms with E-state index in [4.69, 9.17) is 0 Å². The summed E-state index contributed by atoms with van der Waals surface area (Å²) in [4.78, 5) is 33.5. The fourth-order valence-electron chi connectivity index (χ4n) is 3.79. The summed E-state index contributed by atoms with van der Waals surface area (Å²) in [6, 6.07) is 21.4. The first-order valence-corrected chi connectivity index (χ1v) is 11.0. The largest absolute Gasteiger partial charge is 0.353 e. The third kappa shape index (κ3) is 5.52. The highest BCUT2D eigenvalue weighted by Crippen LogP contribution is 2.18. The molecule has 2 aromatic carbocycles. The lowest BCUT2D eigenvalue weighted by Gasteiger charge is -2.35. The monoisotopic (exact) mass is 428 g/mol. The number of rotatable bonds is 6. The molecule has 2 heterocycles. The predicted molar refractivity (Wildman–Crippen MR) is 127 cm³/mol. The maximum absolute atomic E-state index is 12.5. The highest BCUT2D eigenvalue weighted by Gasteiger charge is 2.21. The molecule has 0 saturated carbocycles. The second-order valence-corrected chi connectivity index (χ2v) is 8.08. The summed E-state index contributed by atoms with van der Waals surface area (Å²) >= 11 is 0. The molecule has 3 aromatic rings. The van der Waals surface area contributed by atoms with Gasteiger partial charge in [0.1, 0.15) is 5.82 Å². The zero-order valence-electron chi connectivity index (χ0n) is 18.3. The zero-order valence-corrected chi connectivity index (χ0v) is 18.3. The van der Waals surface area contributed by atoms with Crippen LogP contribution < -0.4 is 10.2 Å². The van der Waals surface area contributed by atoms with Gasteiger partial charge < -0.3 is 15.1 Å². The van der Waals surface area contributed by atoms with Crippen LogP contribution in [0.15, 0.2) is 72.9 Å². The lowest BCUT2D eigenvalue weighted by Crippen LogP contribution is -2.49. The van der Waals surface area contributed by atoms with Gasteiger partial charge in [-0.05, 0) is 43.2 Å². The van der Waals surface area contributed by atoms with Gasteiger partial charge in [-0.15, -0.1) is 0 Å². The van der Waals surface area contributed by atoms with Crippen LogP contribution in [0.1, 0.15) is 27.9 Å². The van der Waals surface area contributed by atoms with E-state index in [2.05, 4.69) is 27.3 Å². The van der Waals surface area contributed by atoms with E-state index < -0.39 is 0 Å². The highest BCUT2D eigenvalue weighted by molar-refractivity contribution is 6.04. The lowest BCUT2D eigenvalue weighted by atomic mass is 10.1. The molecule has 32 heavy (non-hydrogen) atoms. The predicted octanol–water partition coefficient (Wildman–Crippen LogP) is 3.92. The topological polar surface area (TPSA) is 65.5 Å². The molecular weight excluding hydrogens is 400 g/mol. The van der Waals surface area contributed by atoms with Crippen molar-refractivity contribution in [3.8, 4) is 0 Å². The Morgan fingerprint density at radius 2 is 1.62 bits per heavy atom. The molecule has 6 nitrogen and oxygen atoms in total. The molecule has 1 aliphatic rings. The SMILES string of the molecule is Cc1ccc(C(=O)Nc2ccc(N3CCN(C(=O)CCc4ccccc4)CC3)nc2)cc1. The van der Waals surface area contributed by atoms with E-state index in [-0.39, 0.29) is 11.8 Å². The third-order valence-electron chi connectivity index (χ3n) is 5.75. The van der Waals surface area contributed by atoms with Crippen LogP contribution in [-0.4, -0.2) is 47.9 Å². The Balaban J connectivity index is 1.26. The summed E-state index contributed by atoms with van der Waals surface area (Å²) in [6.07, 6.45) is 2.99. The average molecular weight is 429 g/mol. The molecule has 164 valence electrons. The van der Waals surface area contributed by atoms with Crippen molar-refractivity contribution in [2.75, 3.05) is 36.4 Å². The zero-order chi connectivity index (χ0) is 22.3. The fraction of sp³-hybridized carbons (Fsp3) is 0.269. The number of anilines is 2. The van der Waals surface area contributed by atoms with Crippen LogP contribution in [-0.2, 0) is 11.2 Å². The van der Waals surface area contributed by atoms with Crippen LogP contribution in [0.3, 0.4) is 0 Å². The molecule has 0 atom stereocenters. The Morgan fingerprint density at radius 3 is 2.28 bits per heavy atom. The van der Waals surface area contributed by atoms with E-state index in [1.165, 1.54) is 5.56 Å². The molecule has 1 N–H and O–H groups in total. The number of carbonyl (C=O) groups is 2. The Labute approximate surface area is 188 Å². The first-order valence-electron chi connectivity index (χ1n) is 11.0. The van der Waals surface area contributed by atoms with Crippen molar-refractivity contribution in [1.29, 1.82) is 0 Å². The van der Waals surface area contributed by atoms with Gasteiger partial charge in [0.25, 0.3) is 5.91 Å². The van der Waals surface area contributed by atoms with Gasteiger partial charge >= 0.3 is 0 Å². The van der Waals surface area contributed by atoms with Crippen LogP contribution in [0, 0.1) is 6.92 Å². The number of aryl methyl sites for hydroxylation is 2. The number of piperazine rings is 1. The highest BCUT2D eigenvalue weighted by atomic mass is 16.2. The van der Waals surface area contributed by atoms with E-state index in [0.717, 1.165) is 30.9 Å². The van der Waals surface area contributed by atoms with Gasteiger partial charge in [-0.3, -0.25) is 9.59 Å². The van der Waals surface area contributed by atoms with Crippen molar-refractivity contribution < 1.29 is 9.59 Å². The van der Waals surface area contributed by atoms with Gasteiger partial charge in [-0.1, -0.05) is 48.0 Å². The van der Waals surface area contributed by atoms with E-state index in [0.29, 0.717) is 30.8 Å². The number of benzene rings is 2. The smallest absolute Gasteiger partial charge is 0.255 e. The molecular formula is C26H28N4O2. The minimum absolute atomic E-state index is 0.151. The van der Waals surface area contributed by atoms with E-state index >= 15 is 0 Å². The van der Waals surface area contributed by atoms with E-state index in [1.54, 1.807) is 6.20 Å². The average Bonchev–Trinajstić information content (AvgIpc) is 2.84. The van der Waals surface area contributed by atoms with Crippen LogP contribution in [0.4, 0.5) is 11.5 Å². The molecule has 1 fully saturated rings. The number of amides is 2. The molecule has 0 bridgehead atoms. The van der Waals surface area contributed by atoms with Crippen molar-refractivity contribution in [2.24, 2.45) is 0 Å². The number of hydrogen-bond acceptors (Lipinski definition) is 4. The minimum Gasteiger partial charge on any atom is -0.353 e. The third-order valence-corrected chi connectivity index (χ3v) is 5.75. The Hall–Kier alpha value is -3.67. The second-order valence-electron chi connectivity index (χ2n) is 8.08. The van der Waals surface area contributed by atoms with Gasteiger partial charge in [-0.25, -0.2) is 4.98 Å². The van der Waals surface area contributed by atoms with Crippen molar-refractivity contribution in [1.82, 2.24) is 9.88 Å². The maximum Gasteiger partial charge on any atom is 0.255 e. The lowest BCUT2D eigenvalue weighted by molar-refractivity contribution is -0.131. The van der Waals surface area contributed by atoms with Gasteiger partial charge in [0, 0.05) is 38.2 Å². The van der Waals surface area contributed by atoms with Gasteiger partial charge in [0.2, 0.25) is 5.91 Å². The van der Waals surface area contributed by atoms with Gasteiger partial charge in [0.15, 0.2) is 0 Å². The molecule has 0 spiro atoms. The first kappa shape index (κ1) is 21.6. The summed E-state index contributed by atoms with van der Waals surface area (Å²) in [5.74, 6) is 0.910. The standard InChI is InChI=1S/C26H28N4O2/c1-20-7-10-22(11-8-20)26(32)28-23-12-13-24(27-19-23)29-15-17-30(18-16-29)25(31)14-9-21-5-3-2-4-6-21/h2-8,10-13,19H,9,14-18H2,1H3,(H,28,32). The number of pyridine rings is 1. The molecule has 1 aliphatic heterocycles. The van der Waals surface area contributed by atoms with Crippen molar-refractivity contribution >= 4 is 23.3 Å². The van der Waals surface area contributed by atoms with E-state index in [9.17, 15) is 9.59 Å². The normalized spacial score (nSPS) is 13.7. The van der Waals surface area contributed by atoms with Gasteiger partial charge in [0.05, 0.1) is 11.9 Å². The second kappa shape index (κ2) is 10.1. The molecule has 2 amide bonds. The number of hydrogen-bond donors (Lipinski definition) is 1. The van der Waals surface area contributed by atoms with Crippen LogP contribution in [0.2, 0.25) is 0 Å². The molecule has 6 heteroatoms. The molecule has 0 unspecified atom stereocenters. The fourth-order valence-corrected chi connectivity index (χ4v) is 3.79. The summed E-state index contributed by atoms with van der Waals surface area (Å²) < 4.78 is 0. The molecule has 1 saturated heterocycles. The molecule has 0 radical (unpaired) electrons. The summed E-state index contributed by atoms with van der Waals surface area (Å²) in [6.45, 7) is 4.88. The Kier molecular flexibility index (Phi) is 6.80. The summed E-state index contributed by atoms with van der Waals surface area (Å²) in [5, 5.41) is 2.88. The van der Waals surface area contributed by atoms with Crippen molar-refractivity contribution in [3.05, 3.63) is 89.6 Å². The number of aromatic nitrogens is 1. The Morgan fingerprint density at radius 1 is 0.906 bits per heavy atom. The van der Waals surface area contributed by atoms with Crippen molar-refractivity contribution in [3.63, 3.8) is 0 Å². The molecule has 4 rings (SSSR count). The van der Waals surface area contributed by atoms with Crippen LogP contribution >= 0.6 is 0 Å². The number of carbonyl (C=O) groups excluding carboxylic acids is 2. The summed E-state index contributed by atoms with van der Waals surface area (Å²) in [5.41, 5.74) is 3.59. The quantitative estimate of drug-likeness (QED) is 0.646. The number of nitrogens with zero attached hydrogens (tertiary/aromatic N) is 3.